The first-order chi connectivity index (χ1) is 8.45. The quantitative estimate of drug-likeness (QED) is 0.482. The van der Waals surface area contributed by atoms with Gasteiger partial charge >= 0.3 is 19.5 Å². The van der Waals surface area contributed by atoms with Gasteiger partial charge in [0.2, 0.25) is 0 Å². The fourth-order valence-corrected chi connectivity index (χ4v) is 2.62. The summed E-state index contributed by atoms with van der Waals surface area (Å²) >= 11 is 0. The van der Waals surface area contributed by atoms with E-state index in [0.29, 0.717) is 0 Å². The zero-order chi connectivity index (χ0) is 14.0. The van der Waals surface area contributed by atoms with Crippen LogP contribution in [0, 0.1) is 11.8 Å². The zero-order valence-corrected chi connectivity index (χ0v) is 13.6. The van der Waals surface area contributed by atoms with Crippen LogP contribution in [0.4, 0.5) is 0 Å². The van der Waals surface area contributed by atoms with Crippen molar-refractivity contribution in [1.82, 2.24) is 0 Å². The molecule has 0 rings (SSSR count). The van der Waals surface area contributed by atoms with E-state index in [1.165, 1.54) is 0 Å². The highest BCUT2D eigenvalue weighted by Crippen LogP contribution is 2.03. The van der Waals surface area contributed by atoms with Gasteiger partial charge in [0.15, 0.2) is 0 Å². The summed E-state index contributed by atoms with van der Waals surface area (Å²) in [6.07, 6.45) is 2.02. The largest absolute Gasteiger partial charge is 0.516 e. The SMILES string of the molecule is CC(C)C(=O)O[Si]CCCC[Si]OC(=O)C(C)C. The minimum absolute atomic E-state index is 0.0468. The van der Waals surface area contributed by atoms with Gasteiger partial charge in [0, 0.05) is 11.8 Å². The third-order valence-electron chi connectivity index (χ3n) is 2.10. The van der Waals surface area contributed by atoms with Gasteiger partial charge in [-0.05, 0) is 12.1 Å². The molecule has 0 bridgehead atoms. The second kappa shape index (κ2) is 10.3. The summed E-state index contributed by atoms with van der Waals surface area (Å²) in [4.78, 5) is 22.3. The monoisotopic (exact) mass is 286 g/mol. The molecule has 6 heteroatoms. The third-order valence-corrected chi connectivity index (χ3v) is 3.90. The molecule has 4 nitrogen and oxygen atoms in total. The van der Waals surface area contributed by atoms with Crippen LogP contribution in [0.5, 0.6) is 0 Å². The lowest BCUT2D eigenvalue weighted by atomic mass is 10.2. The number of rotatable bonds is 9. The summed E-state index contributed by atoms with van der Waals surface area (Å²) in [7, 11) is 0.509. The predicted molar refractivity (Wildman–Crippen MR) is 72.2 cm³/mol. The third kappa shape index (κ3) is 9.41. The first kappa shape index (κ1) is 17.4. The Hall–Kier alpha value is -0.626. The van der Waals surface area contributed by atoms with Crippen molar-refractivity contribution in [2.24, 2.45) is 11.8 Å². The predicted octanol–water partition coefficient (Wildman–Crippen LogP) is 2.24. The number of hydrogen-bond acceptors (Lipinski definition) is 4. The molecule has 0 aromatic carbocycles. The standard InChI is InChI=1S/C12H22O4Si2/c1-9(2)11(13)15-17-7-5-6-8-18-16-12(14)10(3)4/h9-10H,5-8H2,1-4H3. The Morgan fingerprint density at radius 1 is 0.833 bits per heavy atom. The summed E-state index contributed by atoms with van der Waals surface area (Å²) in [5, 5.41) is 0. The molecular weight excluding hydrogens is 264 g/mol. The molecular formula is C12H22O4Si2. The zero-order valence-electron chi connectivity index (χ0n) is 11.6. The van der Waals surface area contributed by atoms with Crippen LogP contribution in [0.3, 0.4) is 0 Å². The molecule has 0 saturated carbocycles. The molecule has 4 radical (unpaired) electrons. The highest BCUT2D eigenvalue weighted by atomic mass is 28.2. The van der Waals surface area contributed by atoms with Crippen LogP contribution >= 0.6 is 0 Å². The summed E-state index contributed by atoms with van der Waals surface area (Å²) < 4.78 is 10.2. The highest BCUT2D eigenvalue weighted by molar-refractivity contribution is 6.31. The van der Waals surface area contributed by atoms with Crippen molar-refractivity contribution in [2.75, 3.05) is 0 Å². The first-order valence-electron chi connectivity index (χ1n) is 6.32. The molecule has 0 unspecified atom stereocenters. The molecule has 0 aromatic heterocycles. The van der Waals surface area contributed by atoms with E-state index in [-0.39, 0.29) is 43.3 Å². The molecule has 0 spiro atoms. The maximum atomic E-state index is 11.1. The average molecular weight is 286 g/mol. The van der Waals surface area contributed by atoms with E-state index in [0.717, 1.165) is 24.9 Å². The minimum atomic E-state index is -0.124. The van der Waals surface area contributed by atoms with Crippen molar-refractivity contribution in [2.45, 2.75) is 52.6 Å². The van der Waals surface area contributed by atoms with Gasteiger partial charge in [-0.25, -0.2) is 0 Å². The van der Waals surface area contributed by atoms with E-state index < -0.39 is 0 Å². The summed E-state index contributed by atoms with van der Waals surface area (Å²) in [5.41, 5.74) is 0. The molecule has 0 aromatic rings. The number of carbonyl (C=O) groups excluding carboxylic acids is 2. The lowest BCUT2D eigenvalue weighted by Gasteiger charge is -2.06. The van der Waals surface area contributed by atoms with Gasteiger partial charge in [0.05, 0.1) is 0 Å². The van der Waals surface area contributed by atoms with Gasteiger partial charge in [-0.3, -0.25) is 9.59 Å². The van der Waals surface area contributed by atoms with E-state index in [2.05, 4.69) is 0 Å². The summed E-state index contributed by atoms with van der Waals surface area (Å²) in [6.45, 7) is 7.32. The maximum absolute atomic E-state index is 11.1. The van der Waals surface area contributed by atoms with Crippen LogP contribution in [-0.2, 0) is 18.4 Å². The molecule has 0 aliphatic heterocycles. The molecule has 0 N–H and O–H groups in total. The van der Waals surface area contributed by atoms with Gasteiger partial charge in [-0.15, -0.1) is 0 Å². The molecule has 102 valence electrons. The van der Waals surface area contributed by atoms with E-state index >= 15 is 0 Å². The smallest absolute Gasteiger partial charge is 0.314 e. The molecule has 18 heavy (non-hydrogen) atoms. The van der Waals surface area contributed by atoms with Crippen molar-refractivity contribution in [3.8, 4) is 0 Å². The van der Waals surface area contributed by atoms with Crippen LogP contribution in [0.1, 0.15) is 40.5 Å². The van der Waals surface area contributed by atoms with Gasteiger partial charge in [-0.1, -0.05) is 40.5 Å². The van der Waals surface area contributed by atoms with E-state index in [9.17, 15) is 9.59 Å². The topological polar surface area (TPSA) is 52.6 Å². The van der Waals surface area contributed by atoms with Crippen LogP contribution in [-0.4, -0.2) is 31.5 Å². The fraction of sp³-hybridized carbons (Fsp3) is 0.833. The summed E-state index contributed by atoms with van der Waals surface area (Å²) in [5.74, 6) is -0.342. The Bertz CT molecular complexity index is 228. The van der Waals surface area contributed by atoms with Crippen molar-refractivity contribution >= 4 is 31.5 Å². The highest BCUT2D eigenvalue weighted by Gasteiger charge is 2.09. The van der Waals surface area contributed by atoms with Crippen LogP contribution in [0.25, 0.3) is 0 Å². The van der Waals surface area contributed by atoms with Crippen LogP contribution < -0.4 is 0 Å². The van der Waals surface area contributed by atoms with Crippen LogP contribution in [0.15, 0.2) is 0 Å². The molecule has 0 amide bonds. The molecule has 0 fully saturated rings. The Kier molecular flexibility index (Phi) is 9.95. The van der Waals surface area contributed by atoms with E-state index in [1.54, 1.807) is 0 Å². The van der Waals surface area contributed by atoms with Crippen molar-refractivity contribution < 1.29 is 18.4 Å². The van der Waals surface area contributed by atoms with Crippen molar-refractivity contribution in [3.63, 3.8) is 0 Å². The average Bonchev–Trinajstić information content (AvgIpc) is 2.31. The maximum Gasteiger partial charge on any atom is 0.314 e. The summed E-state index contributed by atoms with van der Waals surface area (Å²) in [6, 6.07) is 1.81. The Balaban J connectivity index is 3.27. The van der Waals surface area contributed by atoms with Gasteiger partial charge in [0.1, 0.15) is 0 Å². The lowest BCUT2D eigenvalue weighted by Crippen LogP contribution is -2.15. The fourth-order valence-electron chi connectivity index (χ4n) is 0.874. The van der Waals surface area contributed by atoms with Crippen molar-refractivity contribution in [1.29, 1.82) is 0 Å². The van der Waals surface area contributed by atoms with E-state index in [4.69, 9.17) is 8.85 Å². The number of unbranched alkanes of at least 4 members (excludes halogenated alkanes) is 1. The number of carbonyl (C=O) groups is 2. The molecule has 0 aliphatic carbocycles. The second-order valence-electron chi connectivity index (χ2n) is 4.65. The molecule has 0 saturated heterocycles. The number of hydrogen-bond donors (Lipinski definition) is 0. The Morgan fingerprint density at radius 2 is 1.17 bits per heavy atom. The van der Waals surface area contributed by atoms with Gasteiger partial charge < -0.3 is 8.85 Å². The first-order valence-corrected chi connectivity index (χ1v) is 8.55. The molecule has 0 atom stereocenters. The molecule has 0 heterocycles. The van der Waals surface area contributed by atoms with Crippen LogP contribution in [0.2, 0.25) is 12.1 Å². The van der Waals surface area contributed by atoms with Crippen molar-refractivity contribution in [3.05, 3.63) is 0 Å². The minimum Gasteiger partial charge on any atom is -0.516 e. The van der Waals surface area contributed by atoms with Gasteiger partial charge in [0.25, 0.3) is 11.9 Å². The molecule has 0 aliphatic rings. The van der Waals surface area contributed by atoms with Gasteiger partial charge in [-0.2, -0.15) is 0 Å². The lowest BCUT2D eigenvalue weighted by molar-refractivity contribution is -0.138. The Morgan fingerprint density at radius 3 is 1.44 bits per heavy atom. The second-order valence-corrected chi connectivity index (χ2v) is 6.63. The Labute approximate surface area is 115 Å². The normalized spacial score (nSPS) is 10.8. The van der Waals surface area contributed by atoms with E-state index in [1.807, 2.05) is 27.7 Å².